The van der Waals surface area contributed by atoms with Crippen LogP contribution in [-0.4, -0.2) is 23.9 Å². The summed E-state index contributed by atoms with van der Waals surface area (Å²) in [6, 6.07) is 21.3. The number of ether oxygens (including phenoxy) is 1. The molecule has 30 heavy (non-hydrogen) atoms. The fraction of sp³-hybridized carbons (Fsp3) is 0.208. The fourth-order valence-electron chi connectivity index (χ4n) is 3.06. The summed E-state index contributed by atoms with van der Waals surface area (Å²) in [5.74, 6) is -0.191. The van der Waals surface area contributed by atoms with E-state index >= 15 is 0 Å². The Bertz CT molecular complexity index is 982. The molecule has 2 N–H and O–H groups in total. The molecule has 3 aromatic carbocycles. The molecule has 0 bridgehead atoms. The van der Waals surface area contributed by atoms with Gasteiger partial charge in [-0.3, -0.25) is 4.79 Å². The van der Waals surface area contributed by atoms with Crippen LogP contribution in [0.3, 0.4) is 0 Å². The number of nitrogens with zero attached hydrogens (tertiary/aromatic N) is 1. The van der Waals surface area contributed by atoms with E-state index in [1.54, 1.807) is 35.2 Å². The third kappa shape index (κ3) is 5.81. The van der Waals surface area contributed by atoms with Crippen LogP contribution in [0.1, 0.15) is 27.9 Å². The highest BCUT2D eigenvalue weighted by Gasteiger charge is 2.21. The summed E-state index contributed by atoms with van der Waals surface area (Å²) in [6.45, 7) is 1.30. The first-order valence-electron chi connectivity index (χ1n) is 9.77. The van der Waals surface area contributed by atoms with Crippen molar-refractivity contribution >= 4 is 17.5 Å². The van der Waals surface area contributed by atoms with Crippen LogP contribution in [0.5, 0.6) is 5.75 Å². The quantitative estimate of drug-likeness (QED) is 0.521. The Morgan fingerprint density at radius 3 is 2.50 bits per heavy atom. The average Bonchev–Trinajstić information content (AvgIpc) is 2.77. The molecule has 0 aliphatic rings. The van der Waals surface area contributed by atoms with Crippen LogP contribution in [-0.2, 0) is 13.2 Å². The second kappa shape index (κ2) is 10.8. The molecule has 1 amide bonds. The Morgan fingerprint density at radius 1 is 1.03 bits per heavy atom. The molecule has 3 aromatic rings. The van der Waals surface area contributed by atoms with Crippen LogP contribution in [0.25, 0.3) is 0 Å². The number of hydrogen-bond acceptors (Lipinski definition) is 3. The van der Waals surface area contributed by atoms with Crippen molar-refractivity contribution in [3.8, 4) is 5.75 Å². The van der Waals surface area contributed by atoms with Gasteiger partial charge in [0.15, 0.2) is 0 Å². The number of hydrogen-bond donors (Lipinski definition) is 1. The van der Waals surface area contributed by atoms with Crippen molar-refractivity contribution in [3.05, 3.63) is 100 Å². The van der Waals surface area contributed by atoms with E-state index in [2.05, 4.69) is 0 Å². The number of carbonyl (C=O) groups is 1. The number of amides is 1. The van der Waals surface area contributed by atoms with Crippen LogP contribution in [0.2, 0.25) is 5.02 Å². The van der Waals surface area contributed by atoms with Crippen molar-refractivity contribution in [3.63, 3.8) is 0 Å². The number of para-hydroxylation sites is 1. The standard InChI is InChI=1S/C24H24ClFN2O2/c25-20-12-11-19(22(26)15-20)16-28(14-6-13-27)24(29)21-9-4-5-10-23(21)30-17-18-7-2-1-3-8-18/h1-5,7-12,15H,6,13-14,16-17,27H2. The smallest absolute Gasteiger partial charge is 0.257 e. The van der Waals surface area contributed by atoms with Gasteiger partial charge in [0.2, 0.25) is 0 Å². The van der Waals surface area contributed by atoms with Gasteiger partial charge in [-0.25, -0.2) is 4.39 Å². The van der Waals surface area contributed by atoms with Gasteiger partial charge in [-0.15, -0.1) is 0 Å². The SMILES string of the molecule is NCCCN(Cc1ccc(Cl)cc1F)C(=O)c1ccccc1OCc1ccccc1. The molecule has 0 unspecified atom stereocenters. The molecule has 0 radical (unpaired) electrons. The molecule has 0 saturated heterocycles. The molecule has 0 spiro atoms. The highest BCUT2D eigenvalue weighted by Crippen LogP contribution is 2.23. The maximum absolute atomic E-state index is 14.3. The van der Waals surface area contributed by atoms with Crippen LogP contribution in [0, 0.1) is 5.82 Å². The summed E-state index contributed by atoms with van der Waals surface area (Å²) in [4.78, 5) is 14.9. The summed E-state index contributed by atoms with van der Waals surface area (Å²) in [5, 5.41) is 0.316. The van der Waals surface area contributed by atoms with Crippen LogP contribution in [0.15, 0.2) is 72.8 Å². The molecule has 156 valence electrons. The third-order valence-corrected chi connectivity index (χ3v) is 4.89. The zero-order chi connectivity index (χ0) is 21.3. The normalized spacial score (nSPS) is 10.6. The lowest BCUT2D eigenvalue weighted by molar-refractivity contribution is 0.0735. The lowest BCUT2D eigenvalue weighted by Gasteiger charge is -2.24. The van der Waals surface area contributed by atoms with E-state index in [9.17, 15) is 9.18 Å². The molecular weight excluding hydrogens is 403 g/mol. The van der Waals surface area contributed by atoms with Gasteiger partial charge in [-0.2, -0.15) is 0 Å². The van der Waals surface area contributed by atoms with Gasteiger partial charge >= 0.3 is 0 Å². The highest BCUT2D eigenvalue weighted by atomic mass is 35.5. The minimum atomic E-state index is -0.443. The Kier molecular flexibility index (Phi) is 7.82. The Morgan fingerprint density at radius 2 is 1.77 bits per heavy atom. The Balaban J connectivity index is 1.81. The van der Waals surface area contributed by atoms with E-state index < -0.39 is 5.82 Å². The summed E-state index contributed by atoms with van der Waals surface area (Å²) < 4.78 is 20.2. The number of benzene rings is 3. The van der Waals surface area contributed by atoms with E-state index in [0.29, 0.717) is 48.0 Å². The molecule has 4 nitrogen and oxygen atoms in total. The molecule has 0 aliphatic carbocycles. The summed E-state index contributed by atoms with van der Waals surface area (Å²) in [7, 11) is 0. The molecule has 0 saturated carbocycles. The zero-order valence-electron chi connectivity index (χ0n) is 16.6. The van der Waals surface area contributed by atoms with Gasteiger partial charge in [0, 0.05) is 23.7 Å². The van der Waals surface area contributed by atoms with Crippen LogP contribution < -0.4 is 10.5 Å². The van der Waals surface area contributed by atoms with E-state index in [0.717, 1.165) is 5.56 Å². The van der Waals surface area contributed by atoms with Crippen molar-refractivity contribution in [1.82, 2.24) is 4.90 Å². The van der Waals surface area contributed by atoms with Gasteiger partial charge in [0.1, 0.15) is 18.2 Å². The van der Waals surface area contributed by atoms with Gasteiger partial charge < -0.3 is 15.4 Å². The van der Waals surface area contributed by atoms with Crippen molar-refractivity contribution in [2.75, 3.05) is 13.1 Å². The number of carbonyl (C=O) groups excluding carboxylic acids is 1. The molecule has 0 heterocycles. The first-order valence-corrected chi connectivity index (χ1v) is 10.2. The van der Waals surface area contributed by atoms with Crippen LogP contribution >= 0.6 is 11.6 Å². The minimum Gasteiger partial charge on any atom is -0.488 e. The third-order valence-electron chi connectivity index (χ3n) is 4.65. The number of rotatable bonds is 9. The van der Waals surface area contributed by atoms with Crippen molar-refractivity contribution in [2.45, 2.75) is 19.6 Å². The predicted molar refractivity (Wildman–Crippen MR) is 117 cm³/mol. The summed E-state index contributed by atoms with van der Waals surface area (Å²) >= 11 is 5.85. The predicted octanol–water partition coefficient (Wildman–Crippen LogP) is 5.05. The summed E-state index contributed by atoms with van der Waals surface area (Å²) in [6.07, 6.45) is 0.605. The zero-order valence-corrected chi connectivity index (χ0v) is 17.3. The van der Waals surface area contributed by atoms with Gasteiger partial charge in [-0.1, -0.05) is 60.1 Å². The topological polar surface area (TPSA) is 55.6 Å². The van der Waals surface area contributed by atoms with Crippen molar-refractivity contribution in [2.24, 2.45) is 5.73 Å². The fourth-order valence-corrected chi connectivity index (χ4v) is 3.22. The number of nitrogens with two attached hydrogens (primary N) is 1. The molecular formula is C24H24ClFN2O2. The first-order chi connectivity index (χ1) is 14.6. The van der Waals surface area contributed by atoms with E-state index in [1.807, 2.05) is 36.4 Å². The second-order valence-corrected chi connectivity index (χ2v) is 7.31. The van der Waals surface area contributed by atoms with E-state index in [4.69, 9.17) is 22.1 Å². The van der Waals surface area contributed by atoms with Crippen molar-refractivity contribution in [1.29, 1.82) is 0 Å². The molecule has 0 atom stereocenters. The molecule has 0 aliphatic heterocycles. The molecule has 3 rings (SSSR count). The maximum atomic E-state index is 14.3. The lowest BCUT2D eigenvalue weighted by atomic mass is 10.1. The minimum absolute atomic E-state index is 0.120. The molecule has 0 fully saturated rings. The van der Waals surface area contributed by atoms with E-state index in [1.165, 1.54) is 6.07 Å². The average molecular weight is 427 g/mol. The Hall–Kier alpha value is -2.89. The van der Waals surface area contributed by atoms with Crippen LogP contribution in [0.4, 0.5) is 4.39 Å². The molecule has 0 aromatic heterocycles. The van der Waals surface area contributed by atoms with Gasteiger partial charge in [0.05, 0.1) is 5.56 Å². The monoisotopic (exact) mass is 426 g/mol. The number of halogens is 2. The molecule has 6 heteroatoms. The largest absolute Gasteiger partial charge is 0.488 e. The first kappa shape index (κ1) is 21.8. The lowest BCUT2D eigenvalue weighted by Crippen LogP contribution is -2.33. The van der Waals surface area contributed by atoms with Crippen molar-refractivity contribution < 1.29 is 13.9 Å². The van der Waals surface area contributed by atoms with Gasteiger partial charge in [0.25, 0.3) is 5.91 Å². The second-order valence-electron chi connectivity index (χ2n) is 6.88. The summed E-state index contributed by atoms with van der Waals surface area (Å²) in [5.41, 5.74) is 7.48. The maximum Gasteiger partial charge on any atom is 0.257 e. The van der Waals surface area contributed by atoms with Gasteiger partial charge in [-0.05, 0) is 42.8 Å². The van der Waals surface area contributed by atoms with E-state index in [-0.39, 0.29) is 12.5 Å². The Labute approximate surface area is 181 Å². The highest BCUT2D eigenvalue weighted by molar-refractivity contribution is 6.30.